The Balaban J connectivity index is 0.000000120. The predicted octanol–water partition coefficient (Wildman–Crippen LogP) is -0.0360. The predicted molar refractivity (Wildman–Crippen MR) is 37.0 cm³/mol. The minimum Gasteiger partial charge on any atom is -0.430 e. The Morgan fingerprint density at radius 1 is 1.56 bits per heavy atom. The molecule has 1 fully saturated rings. The maximum absolute atomic E-state index is 7.12. The summed E-state index contributed by atoms with van der Waals surface area (Å²) in [6.45, 7) is 0. The van der Waals surface area contributed by atoms with Crippen molar-refractivity contribution in [2.24, 2.45) is 5.92 Å². The highest BCUT2D eigenvalue weighted by Crippen LogP contribution is 2.43. The van der Waals surface area contributed by atoms with E-state index in [1.165, 1.54) is 19.3 Å². The molecule has 0 aliphatic heterocycles. The topological polar surface area (TPSA) is 40.5 Å². The molecule has 9 heavy (non-hydrogen) atoms. The molecule has 1 unspecified atom stereocenters. The molecule has 2 aliphatic carbocycles. The van der Waals surface area contributed by atoms with Crippen LogP contribution >= 0.6 is 0 Å². The number of allylic oxidation sites excluding steroid dienone is 2. The number of fused-ring (bicyclic) bond motifs is 1. The fraction of sp³-hybridized carbons (Fsp3) is 0.667. The number of rotatable bonds is 0. The molecule has 50 valence electrons. The second kappa shape index (κ2) is 3.04. The van der Waals surface area contributed by atoms with Gasteiger partial charge in [-0.3, -0.25) is 0 Å². The second-order valence-corrected chi connectivity index (χ2v) is 2.38. The molecule has 0 heterocycles. The van der Waals surface area contributed by atoms with Gasteiger partial charge in [0.25, 0.3) is 0 Å². The number of hydrogen-bond donors (Lipinski definition) is 2. The van der Waals surface area contributed by atoms with E-state index in [1.54, 1.807) is 5.57 Å². The summed E-state index contributed by atoms with van der Waals surface area (Å²) in [4.78, 5) is 0. The van der Waals surface area contributed by atoms with Crippen LogP contribution in [0.5, 0.6) is 0 Å². The molecule has 0 aromatic rings. The van der Waals surface area contributed by atoms with Gasteiger partial charge in [0.1, 0.15) is 0 Å². The van der Waals surface area contributed by atoms with Crippen LogP contribution in [0.1, 0.15) is 19.3 Å². The Labute approximate surface area is 55.5 Å². The lowest BCUT2D eigenvalue weighted by molar-refractivity contribution is 0.448. The highest BCUT2D eigenvalue weighted by atomic mass is 16.4. The summed E-state index contributed by atoms with van der Waals surface area (Å²) < 4.78 is 0. The molecular formula is C6H11BO2. The zero-order valence-electron chi connectivity index (χ0n) is 5.38. The van der Waals surface area contributed by atoms with Crippen LogP contribution in [-0.4, -0.2) is 17.7 Å². The molecule has 0 aromatic carbocycles. The molecule has 0 amide bonds. The van der Waals surface area contributed by atoms with Crippen molar-refractivity contribution in [1.29, 1.82) is 0 Å². The zero-order valence-corrected chi connectivity index (χ0v) is 5.38. The normalized spacial score (nSPS) is 27.3. The summed E-state index contributed by atoms with van der Waals surface area (Å²) >= 11 is 0. The van der Waals surface area contributed by atoms with Crippen LogP contribution < -0.4 is 0 Å². The zero-order chi connectivity index (χ0) is 6.69. The SMILES string of the molecule is C1=C2CCCC12.OBO. The molecule has 0 saturated heterocycles. The van der Waals surface area contributed by atoms with Gasteiger partial charge in [-0.05, 0) is 25.2 Å². The third kappa shape index (κ3) is 1.84. The van der Waals surface area contributed by atoms with E-state index >= 15 is 0 Å². The average Bonchev–Trinajstić information content (AvgIpc) is 2.43. The molecule has 2 aliphatic rings. The lowest BCUT2D eigenvalue weighted by Gasteiger charge is -1.77. The molecular weight excluding hydrogens is 115 g/mol. The van der Waals surface area contributed by atoms with E-state index in [0.717, 1.165) is 5.92 Å². The van der Waals surface area contributed by atoms with E-state index in [4.69, 9.17) is 10.0 Å². The summed E-state index contributed by atoms with van der Waals surface area (Å²) in [7, 11) is -0.750. The number of hydrogen-bond acceptors (Lipinski definition) is 2. The van der Waals surface area contributed by atoms with Crippen LogP contribution in [0, 0.1) is 5.92 Å². The van der Waals surface area contributed by atoms with Crippen LogP contribution in [-0.2, 0) is 0 Å². The summed E-state index contributed by atoms with van der Waals surface area (Å²) in [6, 6.07) is 0. The van der Waals surface area contributed by atoms with Crippen LogP contribution in [0.15, 0.2) is 11.6 Å². The Morgan fingerprint density at radius 2 is 2.22 bits per heavy atom. The highest BCUT2D eigenvalue weighted by Gasteiger charge is 2.28. The fourth-order valence-corrected chi connectivity index (χ4v) is 1.27. The minimum atomic E-state index is -0.750. The van der Waals surface area contributed by atoms with Gasteiger partial charge in [0.05, 0.1) is 0 Å². The molecule has 2 nitrogen and oxygen atoms in total. The van der Waals surface area contributed by atoms with Gasteiger partial charge in [0, 0.05) is 0 Å². The van der Waals surface area contributed by atoms with Crippen molar-refractivity contribution in [2.75, 3.05) is 0 Å². The van der Waals surface area contributed by atoms with Gasteiger partial charge in [0.15, 0.2) is 0 Å². The molecule has 2 rings (SSSR count). The molecule has 3 heteroatoms. The first-order valence-electron chi connectivity index (χ1n) is 3.30. The molecule has 0 radical (unpaired) electrons. The van der Waals surface area contributed by atoms with Crippen LogP contribution in [0.25, 0.3) is 0 Å². The Hall–Kier alpha value is -0.275. The van der Waals surface area contributed by atoms with Crippen molar-refractivity contribution in [1.82, 2.24) is 0 Å². The lowest BCUT2D eigenvalue weighted by Crippen LogP contribution is -1.75. The van der Waals surface area contributed by atoms with E-state index in [0.29, 0.717) is 0 Å². The van der Waals surface area contributed by atoms with Gasteiger partial charge in [-0.15, -0.1) is 0 Å². The minimum absolute atomic E-state index is 0.750. The second-order valence-electron chi connectivity index (χ2n) is 2.38. The first kappa shape index (κ1) is 6.84. The van der Waals surface area contributed by atoms with Crippen molar-refractivity contribution >= 4 is 7.69 Å². The first-order valence-corrected chi connectivity index (χ1v) is 3.30. The van der Waals surface area contributed by atoms with E-state index in [9.17, 15) is 0 Å². The van der Waals surface area contributed by atoms with Gasteiger partial charge < -0.3 is 10.0 Å². The monoisotopic (exact) mass is 126 g/mol. The summed E-state index contributed by atoms with van der Waals surface area (Å²) in [5.74, 6) is 1.00. The summed E-state index contributed by atoms with van der Waals surface area (Å²) in [5, 5.41) is 14.2. The summed E-state index contributed by atoms with van der Waals surface area (Å²) in [6.07, 6.45) is 6.75. The molecule has 0 spiro atoms. The third-order valence-electron chi connectivity index (χ3n) is 1.76. The molecule has 1 saturated carbocycles. The van der Waals surface area contributed by atoms with E-state index in [2.05, 4.69) is 6.08 Å². The van der Waals surface area contributed by atoms with Crippen molar-refractivity contribution in [3.8, 4) is 0 Å². The van der Waals surface area contributed by atoms with E-state index < -0.39 is 7.69 Å². The van der Waals surface area contributed by atoms with Crippen molar-refractivity contribution < 1.29 is 10.0 Å². The van der Waals surface area contributed by atoms with Crippen LogP contribution in [0.4, 0.5) is 0 Å². The first-order chi connectivity index (χ1) is 4.38. The highest BCUT2D eigenvalue weighted by molar-refractivity contribution is 6.13. The van der Waals surface area contributed by atoms with Crippen molar-refractivity contribution in [3.05, 3.63) is 11.6 Å². The van der Waals surface area contributed by atoms with E-state index in [1.807, 2.05) is 0 Å². The standard InChI is InChI=1S/C6H8.BH3O2/c1-2-5-4-6(5)3-1;2-1-3/h4-5H,1-3H2;1-3H. The Bertz CT molecular complexity index is 122. The fourth-order valence-electron chi connectivity index (χ4n) is 1.27. The largest absolute Gasteiger partial charge is 0.432 e. The van der Waals surface area contributed by atoms with Crippen molar-refractivity contribution in [2.45, 2.75) is 19.3 Å². The third-order valence-corrected chi connectivity index (χ3v) is 1.76. The maximum Gasteiger partial charge on any atom is 0.432 e. The van der Waals surface area contributed by atoms with Gasteiger partial charge in [-0.25, -0.2) is 0 Å². The maximum atomic E-state index is 7.12. The van der Waals surface area contributed by atoms with Crippen molar-refractivity contribution in [3.63, 3.8) is 0 Å². The molecule has 2 N–H and O–H groups in total. The van der Waals surface area contributed by atoms with Gasteiger partial charge in [-0.2, -0.15) is 0 Å². The van der Waals surface area contributed by atoms with Gasteiger partial charge >= 0.3 is 7.69 Å². The van der Waals surface area contributed by atoms with Crippen LogP contribution in [0.2, 0.25) is 0 Å². The average molecular weight is 126 g/mol. The Morgan fingerprint density at radius 3 is 2.33 bits per heavy atom. The Kier molecular flexibility index (Phi) is 2.31. The van der Waals surface area contributed by atoms with Gasteiger partial charge in [0.2, 0.25) is 0 Å². The lowest BCUT2D eigenvalue weighted by atomic mass is 10.3. The van der Waals surface area contributed by atoms with E-state index in [-0.39, 0.29) is 0 Å². The molecule has 0 aromatic heterocycles. The smallest absolute Gasteiger partial charge is 0.430 e. The van der Waals surface area contributed by atoms with Gasteiger partial charge in [-0.1, -0.05) is 11.6 Å². The molecule has 1 atom stereocenters. The van der Waals surface area contributed by atoms with Crippen LogP contribution in [0.3, 0.4) is 0 Å². The molecule has 0 bridgehead atoms. The summed E-state index contributed by atoms with van der Waals surface area (Å²) in [5.41, 5.74) is 1.75. The quantitative estimate of drug-likeness (QED) is 0.353.